The molecular weight excluding hydrogens is 200 g/mol. The Hall–Kier alpha value is -0.930. The van der Waals surface area contributed by atoms with Crippen molar-refractivity contribution in [1.29, 1.82) is 0 Å². The van der Waals surface area contributed by atoms with Gasteiger partial charge in [-0.25, -0.2) is 0 Å². The van der Waals surface area contributed by atoms with Crippen LogP contribution in [0.5, 0.6) is 0 Å². The summed E-state index contributed by atoms with van der Waals surface area (Å²) in [5, 5.41) is 0. The van der Waals surface area contributed by atoms with Crippen LogP contribution < -0.4 is 0 Å². The molecule has 0 aliphatic carbocycles. The largest absolute Gasteiger partial charge is 0.381 e. The van der Waals surface area contributed by atoms with Gasteiger partial charge in [0.15, 0.2) is 0 Å². The summed E-state index contributed by atoms with van der Waals surface area (Å²) in [6, 6.07) is 4.65. The van der Waals surface area contributed by atoms with Crippen molar-refractivity contribution in [1.82, 2.24) is 9.88 Å². The quantitative estimate of drug-likeness (QED) is 0.777. The molecule has 16 heavy (non-hydrogen) atoms. The summed E-state index contributed by atoms with van der Waals surface area (Å²) in [6.45, 7) is 4.87. The Kier molecular flexibility index (Phi) is 3.91. The topological polar surface area (TPSA) is 25.4 Å². The molecule has 3 heteroatoms. The van der Waals surface area contributed by atoms with Crippen LogP contribution in [0.15, 0.2) is 24.5 Å². The van der Waals surface area contributed by atoms with Crippen LogP contribution in [0.3, 0.4) is 0 Å². The van der Waals surface area contributed by atoms with E-state index < -0.39 is 0 Å². The van der Waals surface area contributed by atoms with Gasteiger partial charge < -0.3 is 4.74 Å². The molecule has 1 aromatic rings. The lowest BCUT2D eigenvalue weighted by atomic mass is 9.96. The smallest absolute Gasteiger partial charge is 0.0512 e. The molecular formula is C13H20N2O. The zero-order valence-corrected chi connectivity index (χ0v) is 10.1. The molecule has 0 amide bonds. The molecule has 2 atom stereocenters. The van der Waals surface area contributed by atoms with Gasteiger partial charge in [0.05, 0.1) is 6.61 Å². The normalized spacial score (nSPS) is 26.1. The van der Waals surface area contributed by atoms with Gasteiger partial charge in [0.25, 0.3) is 0 Å². The monoisotopic (exact) mass is 220 g/mol. The minimum absolute atomic E-state index is 0.472. The third-order valence-electron chi connectivity index (χ3n) is 3.34. The highest BCUT2D eigenvalue weighted by atomic mass is 16.5. The maximum atomic E-state index is 5.57. The lowest BCUT2D eigenvalue weighted by Gasteiger charge is -2.25. The van der Waals surface area contributed by atoms with Crippen LogP contribution >= 0.6 is 0 Å². The van der Waals surface area contributed by atoms with Gasteiger partial charge in [-0.2, -0.15) is 0 Å². The molecule has 1 saturated heterocycles. The first kappa shape index (κ1) is 11.6. The Morgan fingerprint density at radius 2 is 2.44 bits per heavy atom. The Labute approximate surface area is 97.4 Å². The van der Waals surface area contributed by atoms with Gasteiger partial charge >= 0.3 is 0 Å². The minimum Gasteiger partial charge on any atom is -0.381 e. The average Bonchev–Trinajstić information content (AvgIpc) is 2.69. The van der Waals surface area contributed by atoms with Crippen molar-refractivity contribution >= 4 is 0 Å². The lowest BCUT2D eigenvalue weighted by molar-refractivity contribution is 0.0947. The summed E-state index contributed by atoms with van der Waals surface area (Å²) < 4.78 is 5.57. The fraction of sp³-hybridized carbons (Fsp3) is 0.615. The van der Waals surface area contributed by atoms with Crippen LogP contribution in [0.25, 0.3) is 0 Å². The summed E-state index contributed by atoms with van der Waals surface area (Å²) >= 11 is 0. The third-order valence-corrected chi connectivity index (χ3v) is 3.34. The van der Waals surface area contributed by atoms with Crippen LogP contribution in [0.1, 0.15) is 24.9 Å². The molecule has 88 valence electrons. The standard InChI is InChI=1S/C13H20N2O/c1-3-16-10-12-6-8-15(2)13(12)11-5-4-7-14-9-11/h4-5,7,9,12-13H,3,6,8,10H2,1-2H3. The number of ether oxygens (including phenoxy) is 1. The van der Waals surface area contributed by atoms with Gasteiger partial charge in [0.2, 0.25) is 0 Å². The molecule has 1 aromatic heterocycles. The van der Waals surface area contributed by atoms with Gasteiger partial charge in [0.1, 0.15) is 0 Å². The van der Waals surface area contributed by atoms with Gasteiger partial charge in [-0.15, -0.1) is 0 Å². The Bertz CT molecular complexity index is 315. The number of aromatic nitrogens is 1. The zero-order valence-electron chi connectivity index (χ0n) is 10.1. The average molecular weight is 220 g/mol. The summed E-state index contributed by atoms with van der Waals surface area (Å²) in [6.07, 6.45) is 5.03. The highest BCUT2D eigenvalue weighted by Gasteiger charge is 2.32. The Balaban J connectivity index is 2.10. The Morgan fingerprint density at radius 1 is 1.56 bits per heavy atom. The highest BCUT2D eigenvalue weighted by molar-refractivity contribution is 5.16. The summed E-state index contributed by atoms with van der Waals surface area (Å²) in [7, 11) is 2.18. The summed E-state index contributed by atoms with van der Waals surface area (Å²) in [5.41, 5.74) is 1.31. The van der Waals surface area contributed by atoms with Gasteiger partial charge in [-0.3, -0.25) is 9.88 Å². The predicted octanol–water partition coefficient (Wildman–Crippen LogP) is 2.11. The molecule has 2 unspecified atom stereocenters. The fourth-order valence-electron chi connectivity index (χ4n) is 2.55. The van der Waals surface area contributed by atoms with Gasteiger partial charge in [-0.1, -0.05) is 6.07 Å². The van der Waals surface area contributed by atoms with Crippen molar-refractivity contribution < 1.29 is 4.74 Å². The first-order valence-electron chi connectivity index (χ1n) is 6.01. The first-order valence-corrected chi connectivity index (χ1v) is 6.01. The number of likely N-dealkylation sites (tertiary alicyclic amines) is 1. The van der Waals surface area contributed by atoms with Crippen LogP contribution in [-0.4, -0.2) is 36.7 Å². The van der Waals surface area contributed by atoms with E-state index in [9.17, 15) is 0 Å². The summed E-state index contributed by atoms with van der Waals surface area (Å²) in [5.74, 6) is 0.606. The van der Waals surface area contributed by atoms with Crippen molar-refractivity contribution in [2.75, 3.05) is 26.8 Å². The van der Waals surface area contributed by atoms with Gasteiger partial charge in [0, 0.05) is 31.0 Å². The van der Waals surface area contributed by atoms with Gasteiger partial charge in [-0.05, 0) is 38.6 Å². The molecule has 0 saturated carbocycles. The molecule has 1 aliphatic rings. The number of pyridine rings is 1. The Morgan fingerprint density at radius 3 is 3.12 bits per heavy atom. The van der Waals surface area contributed by atoms with E-state index in [-0.39, 0.29) is 0 Å². The van der Waals surface area contributed by atoms with E-state index in [4.69, 9.17) is 4.74 Å². The number of nitrogens with zero attached hydrogens (tertiary/aromatic N) is 2. The van der Waals surface area contributed by atoms with E-state index >= 15 is 0 Å². The number of hydrogen-bond acceptors (Lipinski definition) is 3. The van der Waals surface area contributed by atoms with Crippen molar-refractivity contribution in [3.63, 3.8) is 0 Å². The molecule has 0 N–H and O–H groups in total. The molecule has 0 bridgehead atoms. The van der Waals surface area contributed by atoms with Crippen LogP contribution in [0, 0.1) is 5.92 Å². The zero-order chi connectivity index (χ0) is 11.4. The molecule has 3 nitrogen and oxygen atoms in total. The highest BCUT2D eigenvalue weighted by Crippen LogP contribution is 2.35. The van der Waals surface area contributed by atoms with Crippen molar-refractivity contribution in [3.05, 3.63) is 30.1 Å². The number of hydrogen-bond donors (Lipinski definition) is 0. The minimum atomic E-state index is 0.472. The van der Waals surface area contributed by atoms with E-state index in [2.05, 4.69) is 29.9 Å². The van der Waals surface area contributed by atoms with Crippen LogP contribution in [-0.2, 0) is 4.74 Å². The van der Waals surface area contributed by atoms with E-state index in [1.807, 2.05) is 18.5 Å². The molecule has 1 fully saturated rings. The van der Waals surface area contributed by atoms with Crippen LogP contribution in [0.4, 0.5) is 0 Å². The second-order valence-electron chi connectivity index (χ2n) is 4.42. The van der Waals surface area contributed by atoms with E-state index in [1.165, 1.54) is 12.0 Å². The lowest BCUT2D eigenvalue weighted by Crippen LogP contribution is -2.23. The second kappa shape index (κ2) is 5.41. The van der Waals surface area contributed by atoms with Crippen molar-refractivity contribution in [2.24, 2.45) is 5.92 Å². The van der Waals surface area contributed by atoms with Crippen LogP contribution in [0.2, 0.25) is 0 Å². The predicted molar refractivity (Wildman–Crippen MR) is 64.2 cm³/mol. The molecule has 0 radical (unpaired) electrons. The fourth-order valence-corrected chi connectivity index (χ4v) is 2.55. The third kappa shape index (κ3) is 2.42. The maximum absolute atomic E-state index is 5.57. The van der Waals surface area contributed by atoms with E-state index in [0.29, 0.717) is 12.0 Å². The first-order chi connectivity index (χ1) is 7.83. The molecule has 0 spiro atoms. The number of rotatable bonds is 4. The molecule has 0 aromatic carbocycles. The van der Waals surface area contributed by atoms with E-state index in [1.54, 1.807) is 0 Å². The molecule has 2 heterocycles. The maximum Gasteiger partial charge on any atom is 0.0512 e. The molecule has 1 aliphatic heterocycles. The second-order valence-corrected chi connectivity index (χ2v) is 4.42. The van der Waals surface area contributed by atoms with Crippen molar-refractivity contribution in [2.45, 2.75) is 19.4 Å². The summed E-state index contributed by atoms with van der Waals surface area (Å²) in [4.78, 5) is 6.61. The SMILES string of the molecule is CCOCC1CCN(C)C1c1cccnc1. The van der Waals surface area contributed by atoms with Crippen molar-refractivity contribution in [3.8, 4) is 0 Å². The molecule has 2 rings (SSSR count). The van der Waals surface area contributed by atoms with E-state index in [0.717, 1.165) is 19.8 Å².